The Morgan fingerprint density at radius 3 is 2.88 bits per heavy atom. The molecule has 3 rings (SSSR count). The molecule has 0 unspecified atom stereocenters. The van der Waals surface area contributed by atoms with Gasteiger partial charge in [-0.3, -0.25) is 9.97 Å². The van der Waals surface area contributed by atoms with Crippen LogP contribution in [0.4, 0.5) is 0 Å². The lowest BCUT2D eigenvalue weighted by atomic mass is 10.3. The molecule has 0 amide bonds. The number of fused-ring (bicyclic) bond motifs is 1. The largest absolute Gasteiger partial charge is 0.254 e. The molecule has 0 N–H and O–H groups in total. The van der Waals surface area contributed by atoms with Crippen molar-refractivity contribution >= 4 is 38.6 Å². The van der Waals surface area contributed by atoms with Gasteiger partial charge in [0.15, 0.2) is 0 Å². The van der Waals surface area contributed by atoms with Crippen molar-refractivity contribution in [3.63, 3.8) is 0 Å². The number of hydrogen-bond acceptors (Lipinski definition) is 3. The molecule has 0 aromatic carbocycles. The van der Waals surface area contributed by atoms with Crippen molar-refractivity contribution < 1.29 is 0 Å². The second kappa shape index (κ2) is 4.09. The van der Waals surface area contributed by atoms with Crippen LogP contribution in [0.25, 0.3) is 16.7 Å². The van der Waals surface area contributed by atoms with Crippen LogP contribution in [0.1, 0.15) is 0 Å². The molecule has 0 bridgehead atoms. The summed E-state index contributed by atoms with van der Waals surface area (Å²) in [5.74, 6) is 0. The first-order valence-electron chi connectivity index (χ1n) is 4.85. The Hall–Kier alpha value is -1.46. The summed E-state index contributed by atoms with van der Waals surface area (Å²) in [6, 6.07) is 3.77. The van der Waals surface area contributed by atoms with Crippen molar-refractivity contribution in [3.05, 3.63) is 46.4 Å². The number of pyridine rings is 2. The summed E-state index contributed by atoms with van der Waals surface area (Å²) in [5, 5.41) is 4.75. The van der Waals surface area contributed by atoms with Crippen molar-refractivity contribution in [1.82, 2.24) is 19.7 Å². The number of aromatic nitrogens is 4. The van der Waals surface area contributed by atoms with Crippen LogP contribution in [0.15, 0.2) is 41.4 Å². The van der Waals surface area contributed by atoms with Gasteiger partial charge in [-0.1, -0.05) is 11.6 Å². The summed E-state index contributed by atoms with van der Waals surface area (Å²) in [7, 11) is 0. The van der Waals surface area contributed by atoms with Crippen LogP contribution in [-0.4, -0.2) is 19.7 Å². The van der Waals surface area contributed by atoms with Gasteiger partial charge in [-0.2, -0.15) is 5.10 Å². The molecular weight excluding hydrogens is 304 g/mol. The topological polar surface area (TPSA) is 43.6 Å². The third-order valence-electron chi connectivity index (χ3n) is 2.32. The third-order valence-corrected chi connectivity index (χ3v) is 2.95. The molecule has 0 spiro atoms. The van der Waals surface area contributed by atoms with Gasteiger partial charge < -0.3 is 0 Å². The number of nitrogens with zero attached hydrogens (tertiary/aromatic N) is 4. The zero-order chi connectivity index (χ0) is 11.8. The minimum absolute atomic E-state index is 0.590. The predicted octanol–water partition coefficient (Wildman–Crippen LogP) is 3.23. The van der Waals surface area contributed by atoms with Crippen LogP contribution < -0.4 is 0 Å². The highest BCUT2D eigenvalue weighted by Crippen LogP contribution is 2.21. The van der Waals surface area contributed by atoms with Gasteiger partial charge in [0.2, 0.25) is 0 Å². The monoisotopic (exact) mass is 308 g/mol. The molecule has 0 radical (unpaired) electrons. The Bertz CT molecular complexity index is 695. The molecule has 0 saturated carbocycles. The van der Waals surface area contributed by atoms with E-state index in [1.165, 1.54) is 0 Å². The first-order valence-corrected chi connectivity index (χ1v) is 6.02. The standard InChI is InChI=1S/C11H6BrClN4/c12-7-3-9-11(15-4-7)10(1-2-14-9)17-6-8(13)5-16-17/h1-6H. The first kappa shape index (κ1) is 10.7. The summed E-state index contributed by atoms with van der Waals surface area (Å²) in [6.07, 6.45) is 6.78. The summed E-state index contributed by atoms with van der Waals surface area (Å²) in [4.78, 5) is 8.62. The number of rotatable bonds is 1. The molecule has 0 saturated heterocycles. The second-order valence-electron chi connectivity index (χ2n) is 3.45. The van der Waals surface area contributed by atoms with E-state index < -0.39 is 0 Å². The highest BCUT2D eigenvalue weighted by atomic mass is 79.9. The fourth-order valence-electron chi connectivity index (χ4n) is 1.61. The average molecular weight is 310 g/mol. The van der Waals surface area contributed by atoms with E-state index in [1.807, 2.05) is 12.1 Å². The maximum absolute atomic E-state index is 5.86. The van der Waals surface area contributed by atoms with E-state index in [-0.39, 0.29) is 0 Å². The fraction of sp³-hybridized carbons (Fsp3) is 0. The molecule has 84 valence electrons. The Labute approximate surface area is 110 Å². The first-order chi connectivity index (χ1) is 8.24. The molecular formula is C11H6BrClN4. The summed E-state index contributed by atoms with van der Waals surface area (Å²) in [5.41, 5.74) is 2.45. The summed E-state index contributed by atoms with van der Waals surface area (Å²) < 4.78 is 2.58. The maximum Gasteiger partial charge on any atom is 0.114 e. The Kier molecular flexibility index (Phi) is 2.57. The van der Waals surface area contributed by atoms with Crippen molar-refractivity contribution in [2.75, 3.05) is 0 Å². The minimum atomic E-state index is 0.590. The van der Waals surface area contributed by atoms with Gasteiger partial charge >= 0.3 is 0 Å². The smallest absolute Gasteiger partial charge is 0.114 e. The molecule has 0 atom stereocenters. The van der Waals surface area contributed by atoms with Crippen LogP contribution in [0.3, 0.4) is 0 Å². The fourth-order valence-corrected chi connectivity index (χ4v) is 2.06. The van der Waals surface area contributed by atoms with Gasteiger partial charge in [0.1, 0.15) is 5.52 Å². The average Bonchev–Trinajstić information content (AvgIpc) is 2.74. The van der Waals surface area contributed by atoms with E-state index in [4.69, 9.17) is 11.6 Å². The van der Waals surface area contributed by atoms with E-state index in [0.717, 1.165) is 21.2 Å². The van der Waals surface area contributed by atoms with Gasteiger partial charge in [-0.25, -0.2) is 4.68 Å². The lowest BCUT2D eigenvalue weighted by Crippen LogP contribution is -1.97. The minimum Gasteiger partial charge on any atom is -0.254 e. The molecule has 0 fully saturated rings. The lowest BCUT2D eigenvalue weighted by molar-refractivity contribution is 0.883. The molecule has 3 aromatic rings. The van der Waals surface area contributed by atoms with Crippen LogP contribution >= 0.6 is 27.5 Å². The Morgan fingerprint density at radius 2 is 2.12 bits per heavy atom. The maximum atomic E-state index is 5.86. The summed E-state index contributed by atoms with van der Waals surface area (Å²) >= 11 is 9.23. The molecule has 0 aliphatic carbocycles. The van der Waals surface area contributed by atoms with Crippen molar-refractivity contribution in [3.8, 4) is 5.69 Å². The van der Waals surface area contributed by atoms with Crippen molar-refractivity contribution in [2.24, 2.45) is 0 Å². The molecule has 0 aliphatic rings. The third kappa shape index (κ3) is 1.92. The van der Waals surface area contributed by atoms with Crippen LogP contribution in [0.2, 0.25) is 5.02 Å². The second-order valence-corrected chi connectivity index (χ2v) is 4.81. The SMILES string of the molecule is Clc1cnn(-c2ccnc3cc(Br)cnc23)c1. The Morgan fingerprint density at radius 1 is 1.24 bits per heavy atom. The van der Waals surface area contributed by atoms with E-state index in [1.54, 1.807) is 29.5 Å². The van der Waals surface area contributed by atoms with Crippen LogP contribution in [0, 0.1) is 0 Å². The predicted molar refractivity (Wildman–Crippen MR) is 69.4 cm³/mol. The molecule has 4 nitrogen and oxygen atoms in total. The van der Waals surface area contributed by atoms with Crippen molar-refractivity contribution in [1.29, 1.82) is 0 Å². The highest BCUT2D eigenvalue weighted by molar-refractivity contribution is 9.10. The number of hydrogen-bond donors (Lipinski definition) is 0. The quantitative estimate of drug-likeness (QED) is 0.693. The van der Waals surface area contributed by atoms with Gasteiger partial charge in [0.05, 0.1) is 22.4 Å². The lowest BCUT2D eigenvalue weighted by Gasteiger charge is -2.04. The normalized spacial score (nSPS) is 10.9. The van der Waals surface area contributed by atoms with Gasteiger partial charge in [-0.15, -0.1) is 0 Å². The molecule has 3 aromatic heterocycles. The van der Waals surface area contributed by atoms with Gasteiger partial charge in [0.25, 0.3) is 0 Å². The van der Waals surface area contributed by atoms with Gasteiger partial charge in [-0.05, 0) is 28.1 Å². The zero-order valence-corrected chi connectivity index (χ0v) is 10.9. The molecule has 3 heterocycles. The van der Waals surface area contributed by atoms with E-state index in [2.05, 4.69) is 31.0 Å². The van der Waals surface area contributed by atoms with Crippen molar-refractivity contribution in [2.45, 2.75) is 0 Å². The van der Waals surface area contributed by atoms with Gasteiger partial charge in [0, 0.05) is 23.1 Å². The zero-order valence-electron chi connectivity index (χ0n) is 8.51. The molecule has 6 heteroatoms. The molecule has 17 heavy (non-hydrogen) atoms. The highest BCUT2D eigenvalue weighted by Gasteiger charge is 2.07. The summed E-state index contributed by atoms with van der Waals surface area (Å²) in [6.45, 7) is 0. The van der Waals surface area contributed by atoms with Crippen LogP contribution in [0.5, 0.6) is 0 Å². The molecule has 0 aliphatic heterocycles. The van der Waals surface area contributed by atoms with E-state index in [9.17, 15) is 0 Å². The van der Waals surface area contributed by atoms with E-state index in [0.29, 0.717) is 5.02 Å². The number of halogens is 2. The van der Waals surface area contributed by atoms with Crippen LogP contribution in [-0.2, 0) is 0 Å². The Balaban J connectivity index is 2.30. The van der Waals surface area contributed by atoms with E-state index >= 15 is 0 Å².